The quantitative estimate of drug-likeness (QED) is 0.314. The van der Waals surface area contributed by atoms with Crippen molar-refractivity contribution >= 4 is 15.7 Å². The molecule has 0 spiro atoms. The van der Waals surface area contributed by atoms with Gasteiger partial charge in [0.1, 0.15) is 0 Å². The molecule has 1 aliphatic carbocycles. The molecule has 0 heterocycles. The lowest BCUT2D eigenvalue weighted by Crippen LogP contribution is -2.42. The molecule has 21 heavy (non-hydrogen) atoms. The van der Waals surface area contributed by atoms with Crippen molar-refractivity contribution in [3.05, 3.63) is 29.8 Å². The van der Waals surface area contributed by atoms with Gasteiger partial charge in [0, 0.05) is 18.2 Å². The number of nitrogens with one attached hydrogen (secondary N) is 1. The second-order valence-electron chi connectivity index (χ2n) is 5.56. The van der Waals surface area contributed by atoms with Crippen LogP contribution >= 0.6 is 0 Å². The van der Waals surface area contributed by atoms with Crippen LogP contribution in [0.15, 0.2) is 34.3 Å². The summed E-state index contributed by atoms with van der Waals surface area (Å²) in [6.07, 6.45) is 2.22. The fourth-order valence-electron chi connectivity index (χ4n) is 2.49. The fraction of sp³-hybridized carbons (Fsp3) is 0.500. The van der Waals surface area contributed by atoms with E-state index in [-0.39, 0.29) is 16.5 Å². The minimum absolute atomic E-state index is 0.0392. The van der Waals surface area contributed by atoms with Crippen molar-refractivity contribution in [2.75, 3.05) is 12.3 Å². The Labute approximate surface area is 125 Å². The molecule has 7 heteroatoms. The van der Waals surface area contributed by atoms with Crippen molar-refractivity contribution in [3.63, 3.8) is 0 Å². The largest absolute Gasteiger partial charge is 0.409 e. The Balaban J connectivity index is 1.98. The van der Waals surface area contributed by atoms with E-state index in [9.17, 15) is 8.42 Å². The predicted octanol–water partition coefficient (Wildman–Crippen LogP) is 0.943. The van der Waals surface area contributed by atoms with Gasteiger partial charge in [-0.3, -0.25) is 0 Å². The third-order valence-corrected chi connectivity index (χ3v) is 5.49. The SMILES string of the molecule is CC1CC(NCCS(=O)(=O)c2cccc(/C(N)=N/O)c2)C1. The van der Waals surface area contributed by atoms with Gasteiger partial charge in [0.2, 0.25) is 0 Å². The van der Waals surface area contributed by atoms with Crippen molar-refractivity contribution in [2.24, 2.45) is 16.8 Å². The summed E-state index contributed by atoms with van der Waals surface area (Å²) in [4.78, 5) is 0.190. The minimum Gasteiger partial charge on any atom is -0.409 e. The van der Waals surface area contributed by atoms with E-state index < -0.39 is 9.84 Å². The van der Waals surface area contributed by atoms with Crippen LogP contribution in [0.25, 0.3) is 0 Å². The third kappa shape index (κ3) is 3.95. The van der Waals surface area contributed by atoms with Crippen LogP contribution in [0.2, 0.25) is 0 Å². The fourth-order valence-corrected chi connectivity index (χ4v) is 3.71. The molecule has 1 aromatic rings. The minimum atomic E-state index is -3.37. The van der Waals surface area contributed by atoms with E-state index in [2.05, 4.69) is 17.4 Å². The van der Waals surface area contributed by atoms with E-state index in [4.69, 9.17) is 10.9 Å². The average Bonchev–Trinajstić information content (AvgIpc) is 2.44. The Hall–Kier alpha value is -1.60. The van der Waals surface area contributed by atoms with Gasteiger partial charge in [-0.15, -0.1) is 0 Å². The first-order valence-corrected chi connectivity index (χ1v) is 8.61. The zero-order valence-electron chi connectivity index (χ0n) is 12.0. The molecule has 2 rings (SSSR count). The highest BCUT2D eigenvalue weighted by atomic mass is 32.2. The molecular weight excluding hydrogens is 290 g/mol. The molecule has 0 atom stereocenters. The van der Waals surface area contributed by atoms with Gasteiger partial charge in [-0.25, -0.2) is 8.42 Å². The van der Waals surface area contributed by atoms with Gasteiger partial charge in [0.15, 0.2) is 15.7 Å². The molecule has 0 aromatic heterocycles. The maximum Gasteiger partial charge on any atom is 0.179 e. The Bertz CT molecular complexity index is 622. The van der Waals surface area contributed by atoms with Gasteiger partial charge in [0.25, 0.3) is 0 Å². The summed E-state index contributed by atoms with van der Waals surface area (Å²) in [5, 5.41) is 14.8. The lowest BCUT2D eigenvalue weighted by molar-refractivity contribution is 0.245. The molecule has 0 bridgehead atoms. The van der Waals surface area contributed by atoms with E-state index in [1.807, 2.05) is 0 Å². The number of rotatable bonds is 6. The molecule has 1 saturated carbocycles. The standard InChI is InChI=1S/C14H21N3O3S/c1-10-7-12(8-10)16-5-6-21(19,20)13-4-2-3-11(9-13)14(15)17-18/h2-4,9-10,12,16,18H,5-8H2,1H3,(H2,15,17). The highest BCUT2D eigenvalue weighted by Crippen LogP contribution is 2.26. The number of oxime groups is 1. The van der Waals surface area contributed by atoms with Crippen LogP contribution < -0.4 is 11.1 Å². The van der Waals surface area contributed by atoms with Crippen molar-refractivity contribution in [2.45, 2.75) is 30.7 Å². The van der Waals surface area contributed by atoms with Crippen molar-refractivity contribution < 1.29 is 13.6 Å². The van der Waals surface area contributed by atoms with E-state index >= 15 is 0 Å². The summed E-state index contributed by atoms with van der Waals surface area (Å²) < 4.78 is 24.5. The molecule has 4 N–H and O–H groups in total. The molecule has 0 aliphatic heterocycles. The molecule has 0 amide bonds. The van der Waals surface area contributed by atoms with Crippen molar-refractivity contribution in [1.82, 2.24) is 5.32 Å². The molecule has 6 nitrogen and oxygen atoms in total. The summed E-state index contributed by atoms with van der Waals surface area (Å²) in [6, 6.07) is 6.58. The first-order chi connectivity index (χ1) is 9.92. The van der Waals surface area contributed by atoms with E-state index in [1.165, 1.54) is 12.1 Å². The number of sulfone groups is 1. The normalized spacial score (nSPS) is 22.8. The van der Waals surface area contributed by atoms with E-state index in [1.54, 1.807) is 12.1 Å². The van der Waals surface area contributed by atoms with E-state index in [0.717, 1.165) is 18.8 Å². The number of nitrogens with two attached hydrogens (primary N) is 1. The number of nitrogens with zero attached hydrogens (tertiary/aromatic N) is 1. The van der Waals surface area contributed by atoms with E-state index in [0.29, 0.717) is 18.2 Å². The Morgan fingerprint density at radius 3 is 2.81 bits per heavy atom. The Morgan fingerprint density at radius 2 is 2.19 bits per heavy atom. The summed E-state index contributed by atoms with van der Waals surface area (Å²) in [5.74, 6) is 0.669. The summed E-state index contributed by atoms with van der Waals surface area (Å²) >= 11 is 0. The predicted molar refractivity (Wildman–Crippen MR) is 81.2 cm³/mol. The summed E-state index contributed by atoms with van der Waals surface area (Å²) in [5.41, 5.74) is 5.87. The van der Waals surface area contributed by atoms with Crippen LogP contribution in [-0.4, -0.2) is 37.8 Å². The second-order valence-corrected chi connectivity index (χ2v) is 7.67. The first-order valence-electron chi connectivity index (χ1n) is 6.96. The van der Waals surface area contributed by atoms with Crippen molar-refractivity contribution in [3.8, 4) is 0 Å². The Morgan fingerprint density at radius 1 is 1.48 bits per heavy atom. The maximum absolute atomic E-state index is 12.3. The molecule has 0 radical (unpaired) electrons. The zero-order valence-corrected chi connectivity index (χ0v) is 12.8. The van der Waals surface area contributed by atoms with Gasteiger partial charge in [-0.05, 0) is 30.9 Å². The smallest absolute Gasteiger partial charge is 0.179 e. The highest BCUT2D eigenvalue weighted by Gasteiger charge is 2.25. The van der Waals surface area contributed by atoms with Crippen LogP contribution in [0.3, 0.4) is 0 Å². The molecule has 0 unspecified atom stereocenters. The molecule has 1 aromatic carbocycles. The summed E-state index contributed by atoms with van der Waals surface area (Å²) in [6.45, 7) is 2.63. The van der Waals surface area contributed by atoms with Gasteiger partial charge in [0.05, 0.1) is 10.6 Å². The molecule has 1 aliphatic rings. The lowest BCUT2D eigenvalue weighted by atomic mass is 9.82. The summed E-state index contributed by atoms with van der Waals surface area (Å²) in [7, 11) is -3.37. The van der Waals surface area contributed by atoms with Gasteiger partial charge >= 0.3 is 0 Å². The monoisotopic (exact) mass is 311 g/mol. The highest BCUT2D eigenvalue weighted by molar-refractivity contribution is 7.91. The number of amidine groups is 1. The van der Waals surface area contributed by atoms with Crippen LogP contribution in [0.4, 0.5) is 0 Å². The number of hydrogen-bond donors (Lipinski definition) is 3. The average molecular weight is 311 g/mol. The second kappa shape index (κ2) is 6.44. The first kappa shape index (κ1) is 15.8. The third-order valence-electron chi connectivity index (χ3n) is 3.77. The topological polar surface area (TPSA) is 105 Å². The zero-order chi connectivity index (χ0) is 15.5. The van der Waals surface area contributed by atoms with Crippen molar-refractivity contribution in [1.29, 1.82) is 0 Å². The molecule has 1 fully saturated rings. The van der Waals surface area contributed by atoms with Crippen LogP contribution in [0.5, 0.6) is 0 Å². The molecular formula is C14H21N3O3S. The van der Waals surface area contributed by atoms with Gasteiger partial charge in [-0.1, -0.05) is 24.2 Å². The van der Waals surface area contributed by atoms with Gasteiger partial charge in [-0.2, -0.15) is 0 Å². The van der Waals surface area contributed by atoms with Gasteiger partial charge < -0.3 is 16.3 Å². The van der Waals surface area contributed by atoms with Crippen LogP contribution in [0, 0.1) is 5.92 Å². The Kier molecular flexibility index (Phi) is 4.84. The number of benzene rings is 1. The lowest BCUT2D eigenvalue weighted by Gasteiger charge is -2.33. The van der Waals surface area contributed by atoms with Crippen LogP contribution in [0.1, 0.15) is 25.3 Å². The maximum atomic E-state index is 12.3. The van der Waals surface area contributed by atoms with Crippen LogP contribution in [-0.2, 0) is 9.84 Å². The molecule has 0 saturated heterocycles. The number of hydrogen-bond acceptors (Lipinski definition) is 5. The molecule has 116 valence electrons.